The van der Waals surface area contributed by atoms with E-state index in [1.54, 1.807) is 24.4 Å². The fourth-order valence-electron chi connectivity index (χ4n) is 2.21. The van der Waals surface area contributed by atoms with E-state index in [1.807, 2.05) is 0 Å². The van der Waals surface area contributed by atoms with Crippen molar-refractivity contribution in [2.75, 3.05) is 11.9 Å². The number of carbonyl (C=O) groups excluding carboxylic acids is 1. The number of nitrogens with one attached hydrogen (secondary N) is 2. The minimum atomic E-state index is -0.788. The Bertz CT molecular complexity index is 962. The first-order chi connectivity index (χ1) is 11.6. The number of fused-ring (bicyclic) bond motifs is 1. The first kappa shape index (κ1) is 15.2. The highest BCUT2D eigenvalue weighted by atomic mass is 19.1. The highest BCUT2D eigenvalue weighted by molar-refractivity contribution is 6.05. The molecule has 0 radical (unpaired) electrons. The maximum absolute atomic E-state index is 14.0. The minimum absolute atomic E-state index is 0.0994. The molecule has 0 aliphatic carbocycles. The van der Waals surface area contributed by atoms with E-state index >= 15 is 0 Å². The zero-order chi connectivity index (χ0) is 17.1. The fraction of sp³-hybridized carbons (Fsp3) is 0.0667. The van der Waals surface area contributed by atoms with E-state index in [2.05, 4.69) is 20.5 Å². The molecule has 0 bridgehead atoms. The average Bonchev–Trinajstić information content (AvgIpc) is 3.03. The van der Waals surface area contributed by atoms with E-state index in [-0.39, 0.29) is 29.4 Å². The normalized spacial score (nSPS) is 10.3. The largest absolute Gasteiger partial charge is 0.473 e. The van der Waals surface area contributed by atoms with Gasteiger partial charge >= 0.3 is 0 Å². The van der Waals surface area contributed by atoms with E-state index in [9.17, 15) is 9.18 Å². The smallest absolute Gasteiger partial charge is 0.271 e. The number of hydrogen-bond acceptors (Lipinski definition) is 6. The molecular weight excluding hydrogens is 315 g/mol. The van der Waals surface area contributed by atoms with Crippen LogP contribution < -0.4 is 15.8 Å². The maximum atomic E-state index is 14.0. The standard InChI is InChI=1S/C15H11FN6O2/c16-9-2-1-3-10(13(9)24-7-5-17)20-11-8-4-6-19-15(8)22-21-12(11)14(18)23/h1-4,6H,7H2,(H2,18,23)(H2,19,20,22). The summed E-state index contributed by atoms with van der Waals surface area (Å²) >= 11 is 0. The van der Waals surface area contributed by atoms with Gasteiger partial charge in [0.25, 0.3) is 5.91 Å². The molecule has 3 aromatic rings. The van der Waals surface area contributed by atoms with E-state index in [0.717, 1.165) is 0 Å². The molecule has 0 saturated carbocycles. The summed E-state index contributed by atoms with van der Waals surface area (Å²) in [6.07, 6.45) is 1.62. The van der Waals surface area contributed by atoms with Crippen LogP contribution in [0.4, 0.5) is 15.8 Å². The van der Waals surface area contributed by atoms with Gasteiger partial charge in [-0.15, -0.1) is 10.2 Å². The predicted molar refractivity (Wildman–Crippen MR) is 83.2 cm³/mol. The lowest BCUT2D eigenvalue weighted by molar-refractivity contribution is 0.0995. The van der Waals surface area contributed by atoms with Crippen LogP contribution >= 0.6 is 0 Å². The third-order valence-corrected chi connectivity index (χ3v) is 3.22. The summed E-state index contributed by atoms with van der Waals surface area (Å²) in [7, 11) is 0. The third kappa shape index (κ3) is 2.68. The number of benzene rings is 1. The van der Waals surface area contributed by atoms with Crippen LogP contribution in [0.1, 0.15) is 10.5 Å². The van der Waals surface area contributed by atoms with Gasteiger partial charge in [0, 0.05) is 11.6 Å². The minimum Gasteiger partial charge on any atom is -0.473 e. The number of carbonyl (C=O) groups is 1. The fourth-order valence-corrected chi connectivity index (χ4v) is 2.21. The summed E-state index contributed by atoms with van der Waals surface area (Å²) < 4.78 is 19.1. The molecular formula is C15H11FN6O2. The number of nitrogens with zero attached hydrogens (tertiary/aromatic N) is 3. The summed E-state index contributed by atoms with van der Waals surface area (Å²) in [5.41, 5.74) is 6.16. The Morgan fingerprint density at radius 3 is 3.00 bits per heavy atom. The van der Waals surface area contributed by atoms with Crippen LogP contribution in [-0.4, -0.2) is 27.7 Å². The quantitative estimate of drug-likeness (QED) is 0.656. The van der Waals surface area contributed by atoms with Crippen molar-refractivity contribution in [3.05, 3.63) is 42.0 Å². The van der Waals surface area contributed by atoms with Gasteiger partial charge in [-0.3, -0.25) is 4.79 Å². The van der Waals surface area contributed by atoms with Gasteiger partial charge < -0.3 is 20.8 Å². The summed E-state index contributed by atoms with van der Waals surface area (Å²) in [5.74, 6) is -1.58. The summed E-state index contributed by atoms with van der Waals surface area (Å²) in [6.45, 7) is -0.327. The van der Waals surface area contributed by atoms with Crippen LogP contribution in [0.5, 0.6) is 5.75 Å². The Morgan fingerprint density at radius 2 is 2.25 bits per heavy atom. The van der Waals surface area contributed by atoms with Gasteiger partial charge in [-0.2, -0.15) is 5.26 Å². The van der Waals surface area contributed by atoms with Crippen molar-refractivity contribution in [1.29, 1.82) is 5.26 Å². The Labute approximate surface area is 135 Å². The lowest BCUT2D eigenvalue weighted by Crippen LogP contribution is -2.16. The lowest BCUT2D eigenvalue weighted by Gasteiger charge is -2.14. The van der Waals surface area contributed by atoms with Gasteiger partial charge in [-0.1, -0.05) is 6.07 Å². The van der Waals surface area contributed by atoms with Gasteiger partial charge in [0.05, 0.1) is 11.4 Å². The number of aromatic amines is 1. The number of aromatic nitrogens is 3. The number of ether oxygens (including phenoxy) is 1. The van der Waals surface area contributed by atoms with Gasteiger partial charge in [0.1, 0.15) is 6.07 Å². The molecule has 0 unspecified atom stereocenters. The van der Waals surface area contributed by atoms with Crippen LogP contribution in [-0.2, 0) is 0 Å². The molecule has 2 heterocycles. The molecule has 0 spiro atoms. The molecule has 1 aromatic carbocycles. The van der Waals surface area contributed by atoms with Gasteiger partial charge in [0.2, 0.25) is 0 Å². The number of para-hydroxylation sites is 1. The topological polar surface area (TPSA) is 130 Å². The molecule has 1 amide bonds. The first-order valence-electron chi connectivity index (χ1n) is 6.80. The average molecular weight is 326 g/mol. The SMILES string of the molecule is N#CCOc1c(F)cccc1Nc1c(C(N)=O)nnc2[nH]ccc12. The van der Waals surface area contributed by atoms with E-state index < -0.39 is 11.7 Å². The zero-order valence-corrected chi connectivity index (χ0v) is 12.2. The Kier molecular flexibility index (Phi) is 3.94. The molecule has 0 fully saturated rings. The number of halogens is 1. The van der Waals surface area contributed by atoms with Crippen LogP contribution in [0, 0.1) is 17.1 Å². The molecule has 8 nitrogen and oxygen atoms in total. The zero-order valence-electron chi connectivity index (χ0n) is 12.2. The van der Waals surface area contributed by atoms with Gasteiger partial charge in [-0.05, 0) is 18.2 Å². The second-order valence-corrected chi connectivity index (χ2v) is 4.72. The number of hydrogen-bond donors (Lipinski definition) is 3. The second kappa shape index (κ2) is 6.21. The van der Waals surface area contributed by atoms with E-state index in [1.165, 1.54) is 12.1 Å². The van der Waals surface area contributed by atoms with Crippen LogP contribution in [0.15, 0.2) is 30.5 Å². The molecule has 9 heteroatoms. The number of amides is 1. The van der Waals surface area contributed by atoms with Crippen LogP contribution in [0.25, 0.3) is 11.0 Å². The molecule has 4 N–H and O–H groups in total. The van der Waals surface area contributed by atoms with Gasteiger partial charge in [0.15, 0.2) is 29.5 Å². The highest BCUT2D eigenvalue weighted by Gasteiger charge is 2.18. The Balaban J connectivity index is 2.12. The molecule has 24 heavy (non-hydrogen) atoms. The summed E-state index contributed by atoms with van der Waals surface area (Å²) in [5, 5.41) is 19.7. The number of primary amides is 1. The summed E-state index contributed by atoms with van der Waals surface area (Å²) in [6, 6.07) is 7.65. The van der Waals surface area contributed by atoms with E-state index in [0.29, 0.717) is 11.0 Å². The maximum Gasteiger partial charge on any atom is 0.271 e. The number of rotatable bonds is 5. The number of H-pyrrole nitrogens is 1. The molecule has 0 aliphatic heterocycles. The first-order valence-corrected chi connectivity index (χ1v) is 6.80. The Morgan fingerprint density at radius 1 is 1.42 bits per heavy atom. The molecule has 0 atom stereocenters. The predicted octanol–water partition coefficient (Wildman–Crippen LogP) is 1.84. The molecule has 0 saturated heterocycles. The summed E-state index contributed by atoms with van der Waals surface area (Å²) in [4.78, 5) is 14.5. The van der Waals surface area contributed by atoms with Crippen molar-refractivity contribution in [3.8, 4) is 11.8 Å². The third-order valence-electron chi connectivity index (χ3n) is 3.22. The highest BCUT2D eigenvalue weighted by Crippen LogP contribution is 2.33. The molecule has 3 rings (SSSR count). The van der Waals surface area contributed by atoms with Crippen molar-refractivity contribution < 1.29 is 13.9 Å². The van der Waals surface area contributed by atoms with Gasteiger partial charge in [-0.25, -0.2) is 4.39 Å². The molecule has 0 aliphatic rings. The van der Waals surface area contributed by atoms with Crippen LogP contribution in [0.2, 0.25) is 0 Å². The monoisotopic (exact) mass is 326 g/mol. The van der Waals surface area contributed by atoms with Crippen molar-refractivity contribution in [3.63, 3.8) is 0 Å². The number of anilines is 2. The number of nitriles is 1. The van der Waals surface area contributed by atoms with E-state index in [4.69, 9.17) is 15.7 Å². The van der Waals surface area contributed by atoms with Crippen molar-refractivity contribution in [2.45, 2.75) is 0 Å². The second-order valence-electron chi connectivity index (χ2n) is 4.72. The lowest BCUT2D eigenvalue weighted by atomic mass is 10.2. The van der Waals surface area contributed by atoms with Crippen molar-refractivity contribution in [2.24, 2.45) is 5.73 Å². The van der Waals surface area contributed by atoms with Crippen LogP contribution in [0.3, 0.4) is 0 Å². The van der Waals surface area contributed by atoms with Crippen molar-refractivity contribution in [1.82, 2.24) is 15.2 Å². The molecule has 2 aromatic heterocycles. The van der Waals surface area contributed by atoms with Crippen molar-refractivity contribution >= 4 is 28.3 Å². The number of nitrogens with two attached hydrogens (primary N) is 1. The molecule has 120 valence electrons. The Hall–Kier alpha value is -3.67.